The van der Waals surface area contributed by atoms with Crippen molar-refractivity contribution < 1.29 is 0 Å². The fraction of sp³-hybridized carbons (Fsp3) is 0.154. The van der Waals surface area contributed by atoms with E-state index in [-0.39, 0.29) is 0 Å². The topological polar surface area (TPSA) is 80.5 Å². The zero-order valence-corrected chi connectivity index (χ0v) is 11.5. The largest absolute Gasteiger partial charge is 0.375 e. The molecule has 0 amide bonds. The highest BCUT2D eigenvalue weighted by Gasteiger charge is 2.17. The lowest BCUT2D eigenvalue weighted by Gasteiger charge is -2.01. The van der Waals surface area contributed by atoms with Gasteiger partial charge in [0.15, 0.2) is 5.13 Å². The first-order chi connectivity index (χ1) is 9.15. The Morgan fingerprint density at radius 2 is 2.05 bits per heavy atom. The number of anilines is 1. The highest BCUT2D eigenvalue weighted by atomic mass is 32.1. The summed E-state index contributed by atoms with van der Waals surface area (Å²) >= 11 is 1.45. The lowest BCUT2D eigenvalue weighted by molar-refractivity contribution is 1.05. The molecule has 19 heavy (non-hydrogen) atoms. The lowest BCUT2D eigenvalue weighted by atomic mass is 10.1. The van der Waals surface area contributed by atoms with E-state index in [4.69, 9.17) is 5.73 Å². The maximum Gasteiger partial charge on any atom is 0.181 e. The second kappa shape index (κ2) is 4.47. The molecule has 0 saturated heterocycles. The minimum Gasteiger partial charge on any atom is -0.375 e. The summed E-state index contributed by atoms with van der Waals surface area (Å²) in [4.78, 5) is 9.93. The van der Waals surface area contributed by atoms with E-state index < -0.39 is 0 Å². The molecule has 96 valence electrons. The molecule has 3 rings (SSSR count). The van der Waals surface area contributed by atoms with E-state index in [0.717, 1.165) is 33.2 Å². The second-order valence-electron chi connectivity index (χ2n) is 4.30. The van der Waals surface area contributed by atoms with Gasteiger partial charge in [-0.2, -0.15) is 5.10 Å². The van der Waals surface area contributed by atoms with Crippen LogP contribution in [0.25, 0.3) is 21.8 Å². The van der Waals surface area contributed by atoms with E-state index in [1.54, 1.807) is 6.20 Å². The fourth-order valence-corrected chi connectivity index (χ4v) is 2.77. The average Bonchev–Trinajstić information content (AvgIpc) is 2.95. The molecule has 0 saturated carbocycles. The summed E-state index contributed by atoms with van der Waals surface area (Å²) in [5, 5.41) is 7.49. The van der Waals surface area contributed by atoms with Crippen LogP contribution in [-0.2, 0) is 0 Å². The number of pyridine rings is 1. The van der Waals surface area contributed by atoms with Crippen molar-refractivity contribution in [1.82, 2.24) is 20.2 Å². The highest BCUT2D eigenvalue weighted by molar-refractivity contribution is 7.19. The number of nitrogen functional groups attached to an aromatic ring is 1. The van der Waals surface area contributed by atoms with Gasteiger partial charge >= 0.3 is 0 Å². The van der Waals surface area contributed by atoms with Crippen molar-refractivity contribution in [2.24, 2.45) is 0 Å². The van der Waals surface area contributed by atoms with E-state index in [0.29, 0.717) is 5.13 Å². The van der Waals surface area contributed by atoms with Crippen molar-refractivity contribution in [2.45, 2.75) is 13.8 Å². The molecular weight excluding hydrogens is 258 g/mol. The number of aryl methyl sites for hydroxylation is 2. The molecule has 3 aromatic heterocycles. The molecule has 3 aromatic rings. The van der Waals surface area contributed by atoms with E-state index >= 15 is 0 Å². The monoisotopic (exact) mass is 271 g/mol. The number of rotatable bonds is 2. The van der Waals surface area contributed by atoms with Crippen LogP contribution in [0.3, 0.4) is 0 Å². The number of aromatic amines is 1. The van der Waals surface area contributed by atoms with Crippen LogP contribution in [0.2, 0.25) is 0 Å². The molecule has 0 aromatic carbocycles. The zero-order chi connectivity index (χ0) is 13.4. The van der Waals surface area contributed by atoms with Gasteiger partial charge in [0.25, 0.3) is 0 Å². The Kier molecular flexibility index (Phi) is 2.79. The molecule has 0 aliphatic heterocycles. The van der Waals surface area contributed by atoms with Gasteiger partial charge in [-0.15, -0.1) is 0 Å². The zero-order valence-electron chi connectivity index (χ0n) is 10.6. The van der Waals surface area contributed by atoms with Crippen LogP contribution in [0.5, 0.6) is 0 Å². The first-order valence-corrected chi connectivity index (χ1v) is 6.67. The van der Waals surface area contributed by atoms with Gasteiger partial charge in [-0.1, -0.05) is 17.4 Å². The molecule has 0 spiro atoms. The van der Waals surface area contributed by atoms with Gasteiger partial charge in [0.05, 0.1) is 22.5 Å². The molecule has 0 aliphatic carbocycles. The standard InChI is InChI=1S/C13H13N5S/c1-7-4-3-5-10(16-7)12-11(17-13(14)19-12)9-6-15-18-8(9)2/h3-6H,1-2H3,(H2,14,17)(H,15,18). The first-order valence-electron chi connectivity index (χ1n) is 5.86. The number of nitrogens with one attached hydrogen (secondary N) is 1. The van der Waals surface area contributed by atoms with Crippen molar-refractivity contribution in [2.75, 3.05) is 5.73 Å². The highest BCUT2D eigenvalue weighted by Crippen LogP contribution is 2.37. The maximum absolute atomic E-state index is 5.86. The van der Waals surface area contributed by atoms with Gasteiger partial charge < -0.3 is 5.73 Å². The second-order valence-corrected chi connectivity index (χ2v) is 5.33. The predicted octanol–water partition coefficient (Wildman–Crippen LogP) is 2.79. The average molecular weight is 271 g/mol. The number of H-pyrrole nitrogens is 1. The third kappa shape index (κ3) is 2.10. The van der Waals surface area contributed by atoms with Crippen LogP contribution in [0.15, 0.2) is 24.4 Å². The number of nitrogens with zero attached hydrogens (tertiary/aromatic N) is 3. The van der Waals surface area contributed by atoms with Crippen LogP contribution < -0.4 is 5.73 Å². The smallest absolute Gasteiger partial charge is 0.181 e. The van der Waals surface area contributed by atoms with Crippen molar-refractivity contribution >= 4 is 16.5 Å². The number of aromatic nitrogens is 4. The quantitative estimate of drug-likeness (QED) is 0.751. The van der Waals surface area contributed by atoms with Crippen LogP contribution >= 0.6 is 11.3 Å². The Balaban J connectivity index is 2.20. The van der Waals surface area contributed by atoms with Crippen LogP contribution in [-0.4, -0.2) is 20.2 Å². The van der Waals surface area contributed by atoms with E-state index in [1.807, 2.05) is 32.0 Å². The number of nitrogens with two attached hydrogens (primary N) is 1. The molecule has 0 fully saturated rings. The SMILES string of the molecule is Cc1cccc(-c2sc(N)nc2-c2cn[nH]c2C)n1. The predicted molar refractivity (Wildman–Crippen MR) is 76.8 cm³/mol. The summed E-state index contributed by atoms with van der Waals surface area (Å²) in [5.41, 5.74) is 10.5. The minimum atomic E-state index is 0.536. The normalized spacial score (nSPS) is 10.8. The minimum absolute atomic E-state index is 0.536. The fourth-order valence-electron chi connectivity index (χ4n) is 1.95. The first kappa shape index (κ1) is 11.9. The Labute approximate surface area is 114 Å². The summed E-state index contributed by atoms with van der Waals surface area (Å²) in [6, 6.07) is 5.93. The Bertz CT molecular complexity index is 728. The number of hydrogen-bond donors (Lipinski definition) is 2. The van der Waals surface area contributed by atoms with Crippen molar-refractivity contribution in [1.29, 1.82) is 0 Å². The summed E-state index contributed by atoms with van der Waals surface area (Å²) < 4.78 is 0. The van der Waals surface area contributed by atoms with Gasteiger partial charge in [-0.05, 0) is 26.0 Å². The van der Waals surface area contributed by atoms with Crippen LogP contribution in [0, 0.1) is 13.8 Å². The van der Waals surface area contributed by atoms with Gasteiger partial charge in [-0.25, -0.2) is 4.98 Å². The van der Waals surface area contributed by atoms with Gasteiger partial charge in [0.1, 0.15) is 0 Å². The Morgan fingerprint density at radius 1 is 1.21 bits per heavy atom. The van der Waals surface area contributed by atoms with Gasteiger partial charge in [-0.3, -0.25) is 10.1 Å². The maximum atomic E-state index is 5.86. The lowest BCUT2D eigenvalue weighted by Crippen LogP contribution is -1.88. The van der Waals surface area contributed by atoms with Gasteiger partial charge in [0, 0.05) is 17.0 Å². The van der Waals surface area contributed by atoms with E-state index in [9.17, 15) is 0 Å². The van der Waals surface area contributed by atoms with Crippen molar-refractivity contribution in [3.05, 3.63) is 35.8 Å². The van der Waals surface area contributed by atoms with Crippen LogP contribution in [0.4, 0.5) is 5.13 Å². The molecule has 0 radical (unpaired) electrons. The van der Waals surface area contributed by atoms with E-state index in [2.05, 4.69) is 20.2 Å². The summed E-state index contributed by atoms with van der Waals surface area (Å²) in [7, 11) is 0. The molecule has 3 N–H and O–H groups in total. The number of hydrogen-bond acceptors (Lipinski definition) is 5. The Morgan fingerprint density at radius 3 is 2.74 bits per heavy atom. The third-order valence-electron chi connectivity index (χ3n) is 2.85. The van der Waals surface area contributed by atoms with E-state index in [1.165, 1.54) is 11.3 Å². The molecule has 0 atom stereocenters. The molecular formula is C13H13N5S. The molecule has 3 heterocycles. The number of thiazole rings is 1. The Hall–Kier alpha value is -2.21. The molecule has 0 bridgehead atoms. The molecule has 0 aliphatic rings. The summed E-state index contributed by atoms with van der Waals surface area (Å²) in [6.07, 6.45) is 1.77. The third-order valence-corrected chi connectivity index (χ3v) is 3.76. The van der Waals surface area contributed by atoms with Crippen molar-refractivity contribution in [3.63, 3.8) is 0 Å². The molecule has 0 unspecified atom stereocenters. The molecule has 5 nitrogen and oxygen atoms in total. The summed E-state index contributed by atoms with van der Waals surface area (Å²) in [6.45, 7) is 3.93. The van der Waals surface area contributed by atoms with Crippen LogP contribution in [0.1, 0.15) is 11.4 Å². The van der Waals surface area contributed by atoms with Gasteiger partial charge in [0.2, 0.25) is 0 Å². The summed E-state index contributed by atoms with van der Waals surface area (Å²) in [5.74, 6) is 0. The van der Waals surface area contributed by atoms with Crippen molar-refractivity contribution in [3.8, 4) is 21.8 Å². The molecule has 6 heteroatoms.